The molecule has 182 valence electrons. The summed E-state index contributed by atoms with van der Waals surface area (Å²) in [7, 11) is 1.93. The van der Waals surface area contributed by atoms with Crippen molar-refractivity contribution in [2.45, 2.75) is 38.5 Å². The molecule has 37 heavy (non-hydrogen) atoms. The van der Waals surface area contributed by atoms with Crippen molar-refractivity contribution < 1.29 is 4.79 Å². The van der Waals surface area contributed by atoms with Gasteiger partial charge in [-0.3, -0.25) is 19.4 Å². The summed E-state index contributed by atoms with van der Waals surface area (Å²) in [5.41, 5.74) is 6.64. The molecular weight excluding hydrogens is 458 g/mol. The van der Waals surface area contributed by atoms with E-state index in [0.717, 1.165) is 62.6 Å². The van der Waals surface area contributed by atoms with Crippen LogP contribution in [-0.2, 0) is 12.5 Å². The van der Waals surface area contributed by atoms with Crippen molar-refractivity contribution in [2.24, 2.45) is 13.0 Å². The van der Waals surface area contributed by atoms with E-state index in [-0.39, 0.29) is 5.78 Å². The van der Waals surface area contributed by atoms with Crippen molar-refractivity contribution in [1.29, 1.82) is 5.26 Å². The Kier molecular flexibility index (Phi) is 5.38. The first-order valence-corrected chi connectivity index (χ1v) is 12.6. The van der Waals surface area contributed by atoms with Crippen molar-refractivity contribution in [2.75, 3.05) is 0 Å². The molecule has 3 heterocycles. The molecule has 0 unspecified atom stereocenters. The lowest BCUT2D eigenvalue weighted by Gasteiger charge is -2.15. The Morgan fingerprint density at radius 2 is 1.78 bits per heavy atom. The minimum Gasteiger partial charge on any atom is -0.294 e. The lowest BCUT2D eigenvalue weighted by molar-refractivity contribution is 0.0975. The zero-order valence-electron chi connectivity index (χ0n) is 21.2. The van der Waals surface area contributed by atoms with E-state index in [1.807, 2.05) is 80.4 Å². The lowest BCUT2D eigenvalue weighted by Crippen LogP contribution is -2.13. The van der Waals surface area contributed by atoms with Crippen LogP contribution in [-0.4, -0.2) is 25.5 Å². The Hall–Kier alpha value is -4.37. The Morgan fingerprint density at radius 1 is 1.03 bits per heavy atom. The minimum atomic E-state index is -0.557. The van der Waals surface area contributed by atoms with Gasteiger partial charge in [-0.05, 0) is 61.9 Å². The fourth-order valence-corrected chi connectivity index (χ4v) is 4.87. The maximum atomic E-state index is 12.7. The van der Waals surface area contributed by atoms with Crippen LogP contribution < -0.4 is 0 Å². The molecule has 1 fully saturated rings. The first kappa shape index (κ1) is 23.1. The van der Waals surface area contributed by atoms with Crippen LogP contribution in [0.3, 0.4) is 0 Å². The fourth-order valence-electron chi connectivity index (χ4n) is 4.87. The van der Waals surface area contributed by atoms with Crippen molar-refractivity contribution in [1.82, 2.24) is 19.7 Å². The molecule has 1 aliphatic carbocycles. The van der Waals surface area contributed by atoms with E-state index < -0.39 is 5.41 Å². The van der Waals surface area contributed by atoms with Gasteiger partial charge in [0, 0.05) is 53.3 Å². The largest absolute Gasteiger partial charge is 0.294 e. The number of rotatable bonds is 6. The van der Waals surface area contributed by atoms with Gasteiger partial charge in [0.2, 0.25) is 0 Å². The second-order valence-electron chi connectivity index (χ2n) is 10.6. The van der Waals surface area contributed by atoms with E-state index in [4.69, 9.17) is 5.10 Å². The van der Waals surface area contributed by atoms with Crippen LogP contribution in [0.4, 0.5) is 0 Å². The molecule has 6 nitrogen and oxygen atoms in total. The van der Waals surface area contributed by atoms with Crippen molar-refractivity contribution in [3.63, 3.8) is 0 Å². The Morgan fingerprint density at radius 3 is 2.51 bits per heavy atom. The second-order valence-corrected chi connectivity index (χ2v) is 10.6. The van der Waals surface area contributed by atoms with Gasteiger partial charge in [-0.2, -0.15) is 10.4 Å². The highest BCUT2D eigenvalue weighted by Crippen LogP contribution is 2.36. The van der Waals surface area contributed by atoms with Crippen molar-refractivity contribution >= 4 is 27.6 Å². The Balaban J connectivity index is 1.47. The molecule has 0 saturated heterocycles. The molecule has 0 aliphatic heterocycles. The lowest BCUT2D eigenvalue weighted by atomic mass is 9.86. The van der Waals surface area contributed by atoms with E-state index in [1.165, 1.54) is 0 Å². The summed E-state index contributed by atoms with van der Waals surface area (Å²) in [6.45, 7) is 3.84. The van der Waals surface area contributed by atoms with E-state index in [0.29, 0.717) is 17.9 Å². The molecular formula is C31H27N5O. The standard InChI is InChI=1S/C31H27N5O/c1-31(2,18-32)24-9-6-20(7-10-24)30-29-25-14-21(8-11-26(25)34-17-27(29)36(3)35-30)22-13-23(16-33-15-22)28(37)12-19-4-5-19/h6-11,13-17,19H,4-5,12H2,1-3H3. The quantitative estimate of drug-likeness (QED) is 0.252. The molecule has 3 aromatic heterocycles. The Labute approximate surface area is 215 Å². The summed E-state index contributed by atoms with van der Waals surface area (Å²) in [6, 6.07) is 18.6. The predicted octanol–water partition coefficient (Wildman–Crippen LogP) is 6.63. The molecule has 0 spiro atoms. The van der Waals surface area contributed by atoms with E-state index in [9.17, 15) is 10.1 Å². The predicted molar refractivity (Wildman–Crippen MR) is 145 cm³/mol. The maximum absolute atomic E-state index is 12.7. The van der Waals surface area contributed by atoms with Gasteiger partial charge in [-0.15, -0.1) is 0 Å². The van der Waals surface area contributed by atoms with E-state index >= 15 is 0 Å². The van der Waals surface area contributed by atoms with Gasteiger partial charge in [0.05, 0.1) is 28.7 Å². The van der Waals surface area contributed by atoms with Crippen LogP contribution in [0.5, 0.6) is 0 Å². The first-order valence-electron chi connectivity index (χ1n) is 12.6. The van der Waals surface area contributed by atoms with Crippen LogP contribution >= 0.6 is 0 Å². The number of fused-ring (bicyclic) bond motifs is 3. The van der Waals surface area contributed by atoms with Crippen LogP contribution in [0.15, 0.2) is 67.1 Å². The molecule has 0 bridgehead atoms. The number of hydrogen-bond acceptors (Lipinski definition) is 5. The van der Waals surface area contributed by atoms with Gasteiger partial charge in [0.1, 0.15) is 5.69 Å². The van der Waals surface area contributed by atoms with Gasteiger partial charge >= 0.3 is 0 Å². The number of aromatic nitrogens is 4. The highest BCUT2D eigenvalue weighted by Gasteiger charge is 2.25. The van der Waals surface area contributed by atoms with Gasteiger partial charge in [-0.25, -0.2) is 0 Å². The van der Waals surface area contributed by atoms with Crippen molar-refractivity contribution in [3.05, 3.63) is 78.2 Å². The highest BCUT2D eigenvalue weighted by molar-refractivity contribution is 6.12. The zero-order valence-corrected chi connectivity index (χ0v) is 21.2. The number of Topliss-reactive ketones (excluding diaryl/α,β-unsaturated/α-hetero) is 1. The topological polar surface area (TPSA) is 84.5 Å². The van der Waals surface area contributed by atoms with Crippen LogP contribution in [0, 0.1) is 17.2 Å². The van der Waals surface area contributed by atoms with Crippen LogP contribution in [0.2, 0.25) is 0 Å². The smallest absolute Gasteiger partial charge is 0.164 e. The Bertz CT molecular complexity index is 1720. The average Bonchev–Trinajstić information content (AvgIpc) is 3.68. The molecule has 0 N–H and O–H groups in total. The second kappa shape index (κ2) is 8.63. The summed E-state index contributed by atoms with van der Waals surface area (Å²) in [5, 5.41) is 16.4. The third kappa shape index (κ3) is 4.17. The number of hydrogen-bond donors (Lipinski definition) is 0. The molecule has 1 saturated carbocycles. The molecule has 0 amide bonds. The summed E-state index contributed by atoms with van der Waals surface area (Å²) in [5.74, 6) is 0.708. The van der Waals surface area contributed by atoms with Gasteiger partial charge in [-0.1, -0.05) is 30.3 Å². The number of pyridine rings is 2. The summed E-state index contributed by atoms with van der Waals surface area (Å²) in [6.07, 6.45) is 8.25. The number of aryl methyl sites for hydroxylation is 1. The number of carbonyl (C=O) groups excluding carboxylic acids is 1. The first-order chi connectivity index (χ1) is 17.8. The molecule has 0 radical (unpaired) electrons. The maximum Gasteiger partial charge on any atom is 0.164 e. The fraction of sp³-hybridized carbons (Fsp3) is 0.258. The van der Waals surface area contributed by atoms with Crippen LogP contribution in [0.25, 0.3) is 44.2 Å². The number of ketones is 1. The number of nitrogens with zero attached hydrogens (tertiary/aromatic N) is 5. The zero-order chi connectivity index (χ0) is 25.7. The van der Waals surface area contributed by atoms with E-state index in [2.05, 4.69) is 22.1 Å². The number of carbonyl (C=O) groups is 1. The van der Waals surface area contributed by atoms with Crippen LogP contribution in [0.1, 0.15) is 49.0 Å². The monoisotopic (exact) mass is 485 g/mol. The molecule has 0 atom stereocenters. The minimum absolute atomic E-state index is 0.166. The van der Waals surface area contributed by atoms with E-state index in [1.54, 1.807) is 6.20 Å². The molecule has 1 aliphatic rings. The summed E-state index contributed by atoms with van der Waals surface area (Å²) >= 11 is 0. The summed E-state index contributed by atoms with van der Waals surface area (Å²) < 4.78 is 1.86. The SMILES string of the molecule is Cn1nc(-c2ccc(C(C)(C)C#N)cc2)c2c3cc(-c4cncc(C(=O)CC5CC5)c4)ccc3ncc21. The highest BCUT2D eigenvalue weighted by atomic mass is 16.1. The third-order valence-electron chi connectivity index (χ3n) is 7.41. The van der Waals surface area contributed by atoms with Gasteiger partial charge < -0.3 is 0 Å². The number of benzene rings is 2. The molecule has 6 rings (SSSR count). The average molecular weight is 486 g/mol. The molecule has 6 heteroatoms. The van der Waals surface area contributed by atoms with Gasteiger partial charge in [0.25, 0.3) is 0 Å². The molecule has 5 aromatic rings. The third-order valence-corrected chi connectivity index (χ3v) is 7.41. The molecule has 2 aromatic carbocycles. The van der Waals surface area contributed by atoms with Gasteiger partial charge in [0.15, 0.2) is 5.78 Å². The normalized spacial score (nSPS) is 13.7. The number of nitriles is 1. The van der Waals surface area contributed by atoms with Crippen molar-refractivity contribution in [3.8, 4) is 28.5 Å². The summed E-state index contributed by atoms with van der Waals surface area (Å²) in [4.78, 5) is 21.8.